The molecule has 2 heterocycles. The number of carboxylic acid groups (broad SMARTS) is 1. The third kappa shape index (κ3) is 2.42. The lowest BCUT2D eigenvalue weighted by molar-refractivity contribution is -0.380. The number of carboxylic acids is 1. The summed E-state index contributed by atoms with van der Waals surface area (Å²) in [6.45, 7) is 2.49. The Balaban J connectivity index is 2.10. The zero-order chi connectivity index (χ0) is 13.3. The molecule has 1 saturated heterocycles. The fourth-order valence-corrected chi connectivity index (χ4v) is 3.02. The molecular weight excluding hydrogens is 258 g/mol. The van der Waals surface area contributed by atoms with Gasteiger partial charge in [-0.2, -0.15) is 0 Å². The number of aliphatic carboxylic acids is 1. The first-order valence-corrected chi connectivity index (χ1v) is 6.40. The molecule has 1 aromatic heterocycles. The zero-order valence-electron chi connectivity index (χ0n) is 9.78. The number of anilines is 1. The molecule has 8 heteroatoms. The Kier molecular flexibility index (Phi) is 3.46. The summed E-state index contributed by atoms with van der Waals surface area (Å²) in [4.78, 5) is 27.0. The lowest BCUT2D eigenvalue weighted by Gasteiger charge is -2.35. The van der Waals surface area contributed by atoms with Crippen LogP contribution in [0.4, 0.5) is 10.1 Å². The topological polar surface area (TPSA) is 96.6 Å². The fraction of sp³-hybridized carbons (Fsp3) is 0.600. The number of nitrogens with zero attached hydrogens (tertiary/aromatic N) is 3. The molecule has 1 aliphatic heterocycles. The number of piperidine rings is 1. The van der Waals surface area contributed by atoms with E-state index in [1.807, 2.05) is 11.8 Å². The first-order chi connectivity index (χ1) is 8.49. The van der Waals surface area contributed by atoms with Gasteiger partial charge in [0.15, 0.2) is 5.13 Å². The van der Waals surface area contributed by atoms with E-state index >= 15 is 0 Å². The predicted molar refractivity (Wildman–Crippen MR) is 65.9 cm³/mol. The number of hydrogen-bond acceptors (Lipinski definition) is 6. The van der Waals surface area contributed by atoms with Crippen molar-refractivity contribution in [2.24, 2.45) is 5.92 Å². The van der Waals surface area contributed by atoms with Crippen molar-refractivity contribution in [1.82, 2.24) is 4.98 Å². The maximum atomic E-state index is 10.9. The van der Waals surface area contributed by atoms with Crippen LogP contribution in [0, 0.1) is 16.0 Å². The van der Waals surface area contributed by atoms with E-state index in [-0.39, 0.29) is 17.0 Å². The molecule has 2 rings (SSSR count). The van der Waals surface area contributed by atoms with Crippen LogP contribution in [-0.2, 0) is 4.79 Å². The van der Waals surface area contributed by atoms with Crippen molar-refractivity contribution in [2.45, 2.75) is 25.8 Å². The minimum atomic E-state index is -0.772. The fourth-order valence-electron chi connectivity index (χ4n) is 2.15. The van der Waals surface area contributed by atoms with Crippen molar-refractivity contribution in [1.29, 1.82) is 0 Å². The molecule has 0 spiro atoms. The predicted octanol–water partition coefficient (Wildman–Crippen LogP) is 1.74. The van der Waals surface area contributed by atoms with E-state index in [9.17, 15) is 14.9 Å². The van der Waals surface area contributed by atoms with E-state index in [1.165, 1.54) is 6.20 Å². The van der Waals surface area contributed by atoms with E-state index in [1.54, 1.807) is 0 Å². The summed E-state index contributed by atoms with van der Waals surface area (Å²) < 4.78 is 0. The highest BCUT2D eigenvalue weighted by molar-refractivity contribution is 7.18. The maximum absolute atomic E-state index is 10.9. The molecule has 0 aromatic carbocycles. The summed E-state index contributed by atoms with van der Waals surface area (Å²) in [5.74, 6) is -1.10. The molecule has 0 aliphatic carbocycles. The monoisotopic (exact) mass is 271 g/mol. The summed E-state index contributed by atoms with van der Waals surface area (Å²) in [5.41, 5.74) is 0. The molecule has 1 N–H and O–H groups in total. The maximum Gasteiger partial charge on any atom is 0.345 e. The second kappa shape index (κ2) is 4.89. The van der Waals surface area contributed by atoms with E-state index in [0.29, 0.717) is 24.5 Å². The molecule has 1 aromatic rings. The van der Waals surface area contributed by atoms with Crippen molar-refractivity contribution in [3.63, 3.8) is 0 Å². The number of carbonyl (C=O) groups is 1. The Morgan fingerprint density at radius 1 is 1.72 bits per heavy atom. The van der Waals surface area contributed by atoms with Gasteiger partial charge in [-0.15, -0.1) is 0 Å². The summed E-state index contributed by atoms with van der Waals surface area (Å²) in [5, 5.41) is 20.2. The number of thiazole rings is 1. The van der Waals surface area contributed by atoms with Crippen LogP contribution in [0.3, 0.4) is 0 Å². The van der Waals surface area contributed by atoms with E-state index in [2.05, 4.69) is 4.98 Å². The summed E-state index contributed by atoms with van der Waals surface area (Å²) >= 11 is 1.03. The van der Waals surface area contributed by atoms with Gasteiger partial charge < -0.3 is 10.0 Å². The van der Waals surface area contributed by atoms with Crippen LogP contribution in [-0.4, -0.2) is 33.6 Å². The molecular formula is C10H13N3O4S. The first-order valence-electron chi connectivity index (χ1n) is 5.58. The van der Waals surface area contributed by atoms with Crippen LogP contribution in [0.2, 0.25) is 0 Å². The molecule has 0 bridgehead atoms. The Hall–Kier alpha value is -1.70. The lowest BCUT2D eigenvalue weighted by atomic mass is 9.92. The first kappa shape index (κ1) is 12.7. The van der Waals surface area contributed by atoms with E-state index in [0.717, 1.165) is 11.3 Å². The number of nitro groups is 1. The normalized spacial score (nSPS) is 23.9. The number of aromatic nitrogens is 1. The second-order valence-corrected chi connectivity index (χ2v) is 5.33. The van der Waals surface area contributed by atoms with Crippen molar-refractivity contribution in [3.05, 3.63) is 16.3 Å². The molecule has 1 aliphatic rings. The van der Waals surface area contributed by atoms with Crippen LogP contribution >= 0.6 is 11.3 Å². The van der Waals surface area contributed by atoms with Gasteiger partial charge in [0, 0.05) is 12.6 Å². The quantitative estimate of drug-likeness (QED) is 0.664. The third-order valence-electron chi connectivity index (χ3n) is 3.13. The molecule has 1 fully saturated rings. The lowest BCUT2D eigenvalue weighted by Crippen LogP contribution is -2.42. The van der Waals surface area contributed by atoms with Gasteiger partial charge in [0.05, 0.1) is 10.8 Å². The highest BCUT2D eigenvalue weighted by Crippen LogP contribution is 2.33. The molecule has 0 amide bonds. The van der Waals surface area contributed by atoms with Gasteiger partial charge in [0.1, 0.15) is 6.20 Å². The molecule has 2 atom stereocenters. The van der Waals surface area contributed by atoms with Crippen LogP contribution in [0.1, 0.15) is 19.8 Å². The van der Waals surface area contributed by atoms with Crippen molar-refractivity contribution in [3.8, 4) is 0 Å². The van der Waals surface area contributed by atoms with Gasteiger partial charge in [-0.3, -0.25) is 14.9 Å². The van der Waals surface area contributed by atoms with Gasteiger partial charge >= 0.3 is 11.0 Å². The van der Waals surface area contributed by atoms with Gasteiger partial charge in [0.25, 0.3) is 0 Å². The summed E-state index contributed by atoms with van der Waals surface area (Å²) in [7, 11) is 0. The van der Waals surface area contributed by atoms with E-state index < -0.39 is 10.9 Å². The zero-order valence-corrected chi connectivity index (χ0v) is 10.6. The Morgan fingerprint density at radius 2 is 2.44 bits per heavy atom. The van der Waals surface area contributed by atoms with Crippen LogP contribution in [0.15, 0.2) is 6.20 Å². The van der Waals surface area contributed by atoms with E-state index in [4.69, 9.17) is 5.11 Å². The Bertz CT molecular complexity index is 475. The van der Waals surface area contributed by atoms with Crippen molar-refractivity contribution >= 4 is 27.4 Å². The average Bonchev–Trinajstić information content (AvgIpc) is 2.78. The van der Waals surface area contributed by atoms with Gasteiger partial charge in [0.2, 0.25) is 0 Å². The molecule has 0 saturated carbocycles. The van der Waals surface area contributed by atoms with Crippen LogP contribution in [0.5, 0.6) is 0 Å². The Morgan fingerprint density at radius 3 is 2.94 bits per heavy atom. The summed E-state index contributed by atoms with van der Waals surface area (Å²) in [6, 6.07) is 0.0330. The number of rotatable bonds is 3. The highest BCUT2D eigenvalue weighted by atomic mass is 32.1. The standard InChI is InChI=1S/C10H13N3O4S/c1-6-4-7(9(14)15)2-3-12(6)10-11-5-8(18-10)13(16)17/h5-7H,2-4H2,1H3,(H,14,15). The molecule has 0 radical (unpaired) electrons. The Labute approximate surface area is 107 Å². The largest absolute Gasteiger partial charge is 0.481 e. The second-order valence-electron chi connectivity index (χ2n) is 4.34. The van der Waals surface area contributed by atoms with Crippen molar-refractivity contribution < 1.29 is 14.8 Å². The van der Waals surface area contributed by atoms with Gasteiger partial charge in [-0.1, -0.05) is 0 Å². The smallest absolute Gasteiger partial charge is 0.345 e. The molecule has 18 heavy (non-hydrogen) atoms. The van der Waals surface area contributed by atoms with Crippen LogP contribution < -0.4 is 4.90 Å². The minimum absolute atomic E-state index is 0.0116. The van der Waals surface area contributed by atoms with Gasteiger partial charge in [-0.05, 0) is 31.1 Å². The molecule has 2 unspecified atom stereocenters. The third-order valence-corrected chi connectivity index (χ3v) is 4.12. The minimum Gasteiger partial charge on any atom is -0.481 e. The summed E-state index contributed by atoms with van der Waals surface area (Å²) in [6.07, 6.45) is 2.34. The average molecular weight is 271 g/mol. The van der Waals surface area contributed by atoms with Gasteiger partial charge in [-0.25, -0.2) is 4.98 Å². The van der Waals surface area contributed by atoms with Crippen LogP contribution in [0.25, 0.3) is 0 Å². The number of hydrogen-bond donors (Lipinski definition) is 1. The van der Waals surface area contributed by atoms with Crippen molar-refractivity contribution in [2.75, 3.05) is 11.4 Å². The SMILES string of the molecule is CC1CC(C(=O)O)CCN1c1ncc([N+](=O)[O-])s1. The molecule has 98 valence electrons. The highest BCUT2D eigenvalue weighted by Gasteiger charge is 2.31. The molecule has 7 nitrogen and oxygen atoms in total.